The number of hydrogen-bond donors (Lipinski definition) is 0. The summed E-state index contributed by atoms with van der Waals surface area (Å²) in [6, 6.07) is 11.2. The maximum absolute atomic E-state index is 10.5. The summed E-state index contributed by atoms with van der Waals surface area (Å²) in [5, 5.41) is 11.4. The first kappa shape index (κ1) is 13.5. The molecule has 4 nitrogen and oxygen atoms in total. The molecule has 19 heavy (non-hydrogen) atoms. The number of non-ortho nitro benzene ring substituents is 1. The van der Waals surface area contributed by atoms with Gasteiger partial charge in [0, 0.05) is 23.9 Å². The molecule has 0 aromatic heterocycles. The SMILES string of the molecule is O=[N+]([O-])c1ccc(N=Cc2cccc(Cl)c2Cl)cc1. The number of aliphatic imine (C=N–C) groups is 1. The van der Waals surface area contributed by atoms with E-state index in [1.165, 1.54) is 12.1 Å². The number of nitro benzene ring substituents is 1. The molecule has 2 aromatic carbocycles. The summed E-state index contributed by atoms with van der Waals surface area (Å²) in [5.41, 5.74) is 1.31. The van der Waals surface area contributed by atoms with E-state index in [1.807, 2.05) is 0 Å². The van der Waals surface area contributed by atoms with Crippen LogP contribution in [0.25, 0.3) is 0 Å². The summed E-state index contributed by atoms with van der Waals surface area (Å²) in [6.45, 7) is 0. The van der Waals surface area contributed by atoms with Gasteiger partial charge < -0.3 is 0 Å². The lowest BCUT2D eigenvalue weighted by Crippen LogP contribution is -1.86. The Balaban J connectivity index is 2.23. The second-order valence-electron chi connectivity index (χ2n) is 3.67. The lowest BCUT2D eigenvalue weighted by atomic mass is 10.2. The molecule has 6 heteroatoms. The Bertz CT molecular complexity index is 640. The average Bonchev–Trinajstić information content (AvgIpc) is 2.41. The van der Waals surface area contributed by atoms with Crippen molar-refractivity contribution >= 4 is 40.8 Å². The van der Waals surface area contributed by atoms with E-state index < -0.39 is 4.92 Å². The number of halogens is 2. The predicted molar refractivity (Wildman–Crippen MR) is 76.8 cm³/mol. The van der Waals surface area contributed by atoms with E-state index in [9.17, 15) is 10.1 Å². The zero-order valence-corrected chi connectivity index (χ0v) is 11.1. The van der Waals surface area contributed by atoms with Gasteiger partial charge in [0.25, 0.3) is 5.69 Å². The van der Waals surface area contributed by atoms with Crippen molar-refractivity contribution in [2.45, 2.75) is 0 Å². The molecule has 0 saturated carbocycles. The summed E-state index contributed by atoms with van der Waals surface area (Å²) in [7, 11) is 0. The van der Waals surface area contributed by atoms with Gasteiger partial charge in [-0.05, 0) is 18.2 Å². The Hall–Kier alpha value is -1.91. The first-order chi connectivity index (χ1) is 9.08. The molecule has 0 unspecified atom stereocenters. The number of nitrogens with zero attached hydrogens (tertiary/aromatic N) is 2. The van der Waals surface area contributed by atoms with Gasteiger partial charge in [-0.15, -0.1) is 0 Å². The molecular formula is C13H8Cl2N2O2. The Kier molecular flexibility index (Phi) is 4.14. The zero-order valence-electron chi connectivity index (χ0n) is 9.59. The Labute approximate surface area is 119 Å². The van der Waals surface area contributed by atoms with Gasteiger partial charge in [-0.2, -0.15) is 0 Å². The Morgan fingerprint density at radius 2 is 1.79 bits per heavy atom. The molecule has 2 aromatic rings. The minimum atomic E-state index is -0.457. The molecule has 2 rings (SSSR count). The van der Waals surface area contributed by atoms with Crippen molar-refractivity contribution in [1.82, 2.24) is 0 Å². The second kappa shape index (κ2) is 5.82. The van der Waals surface area contributed by atoms with Crippen LogP contribution in [0.2, 0.25) is 10.0 Å². The fourth-order valence-electron chi connectivity index (χ4n) is 1.42. The number of rotatable bonds is 3. The lowest BCUT2D eigenvalue weighted by Gasteiger charge is -1.99. The van der Waals surface area contributed by atoms with Crippen LogP contribution < -0.4 is 0 Å². The fraction of sp³-hybridized carbons (Fsp3) is 0. The van der Waals surface area contributed by atoms with Crippen molar-refractivity contribution in [3.63, 3.8) is 0 Å². The molecule has 0 amide bonds. The molecule has 0 aliphatic rings. The van der Waals surface area contributed by atoms with E-state index in [1.54, 1.807) is 36.5 Å². The lowest BCUT2D eigenvalue weighted by molar-refractivity contribution is -0.384. The van der Waals surface area contributed by atoms with Crippen LogP contribution in [-0.4, -0.2) is 11.1 Å². The highest BCUT2D eigenvalue weighted by molar-refractivity contribution is 6.43. The summed E-state index contributed by atoms with van der Waals surface area (Å²) in [5.74, 6) is 0. The largest absolute Gasteiger partial charge is 0.269 e. The molecule has 96 valence electrons. The predicted octanol–water partition coefficient (Wildman–Crippen LogP) is 4.65. The van der Waals surface area contributed by atoms with E-state index in [0.717, 1.165) is 0 Å². The third-order valence-electron chi connectivity index (χ3n) is 2.39. The Morgan fingerprint density at radius 1 is 1.11 bits per heavy atom. The van der Waals surface area contributed by atoms with Gasteiger partial charge in [-0.25, -0.2) is 0 Å². The molecule has 0 aliphatic carbocycles. The van der Waals surface area contributed by atoms with E-state index in [2.05, 4.69) is 4.99 Å². The highest BCUT2D eigenvalue weighted by atomic mass is 35.5. The maximum Gasteiger partial charge on any atom is 0.269 e. The van der Waals surface area contributed by atoms with E-state index in [-0.39, 0.29) is 5.69 Å². The average molecular weight is 295 g/mol. The number of nitro groups is 1. The van der Waals surface area contributed by atoms with E-state index >= 15 is 0 Å². The van der Waals surface area contributed by atoms with Crippen LogP contribution in [0.4, 0.5) is 11.4 Å². The first-order valence-corrected chi connectivity index (χ1v) is 6.06. The normalized spacial score (nSPS) is 10.8. The minimum absolute atomic E-state index is 0.0275. The molecule has 0 radical (unpaired) electrons. The van der Waals surface area contributed by atoms with Crippen molar-refractivity contribution in [2.24, 2.45) is 4.99 Å². The monoisotopic (exact) mass is 294 g/mol. The van der Waals surface area contributed by atoms with Gasteiger partial charge in [-0.3, -0.25) is 15.1 Å². The van der Waals surface area contributed by atoms with E-state index in [0.29, 0.717) is 21.3 Å². The van der Waals surface area contributed by atoms with E-state index in [4.69, 9.17) is 23.2 Å². The highest BCUT2D eigenvalue weighted by Crippen LogP contribution is 2.25. The summed E-state index contributed by atoms with van der Waals surface area (Å²) in [4.78, 5) is 14.2. The van der Waals surface area contributed by atoms with Crippen molar-refractivity contribution < 1.29 is 4.92 Å². The zero-order chi connectivity index (χ0) is 13.8. The molecule has 0 spiro atoms. The minimum Gasteiger partial charge on any atom is -0.258 e. The highest BCUT2D eigenvalue weighted by Gasteiger charge is 2.04. The third kappa shape index (κ3) is 3.30. The second-order valence-corrected chi connectivity index (χ2v) is 4.46. The topological polar surface area (TPSA) is 55.5 Å². The summed E-state index contributed by atoms with van der Waals surface area (Å²) < 4.78 is 0. The van der Waals surface area contributed by atoms with Crippen LogP contribution in [0.3, 0.4) is 0 Å². The van der Waals surface area contributed by atoms with Crippen LogP contribution >= 0.6 is 23.2 Å². The molecule has 0 heterocycles. The van der Waals surface area contributed by atoms with Gasteiger partial charge >= 0.3 is 0 Å². The molecule has 0 aliphatic heterocycles. The molecular weight excluding hydrogens is 287 g/mol. The van der Waals surface area contributed by atoms with Crippen LogP contribution in [-0.2, 0) is 0 Å². The maximum atomic E-state index is 10.5. The molecule has 0 bridgehead atoms. The summed E-state index contributed by atoms with van der Waals surface area (Å²) >= 11 is 11.9. The number of benzene rings is 2. The van der Waals surface area contributed by atoms with Crippen LogP contribution in [0, 0.1) is 10.1 Å². The fourth-order valence-corrected chi connectivity index (χ4v) is 1.78. The van der Waals surface area contributed by atoms with Crippen molar-refractivity contribution in [3.05, 3.63) is 68.2 Å². The first-order valence-electron chi connectivity index (χ1n) is 5.30. The van der Waals surface area contributed by atoms with Crippen molar-refractivity contribution in [3.8, 4) is 0 Å². The molecule has 0 N–H and O–H groups in total. The van der Waals surface area contributed by atoms with Gasteiger partial charge in [0.1, 0.15) is 0 Å². The van der Waals surface area contributed by atoms with Gasteiger partial charge in [0.05, 0.1) is 20.7 Å². The van der Waals surface area contributed by atoms with Crippen molar-refractivity contribution in [1.29, 1.82) is 0 Å². The van der Waals surface area contributed by atoms with Crippen LogP contribution in [0.15, 0.2) is 47.5 Å². The van der Waals surface area contributed by atoms with Gasteiger partial charge in [0.2, 0.25) is 0 Å². The summed E-state index contributed by atoms with van der Waals surface area (Å²) in [6.07, 6.45) is 1.56. The van der Waals surface area contributed by atoms with Gasteiger partial charge in [0.15, 0.2) is 0 Å². The Morgan fingerprint density at radius 3 is 2.42 bits per heavy atom. The quantitative estimate of drug-likeness (QED) is 0.470. The third-order valence-corrected chi connectivity index (χ3v) is 3.23. The number of hydrogen-bond acceptors (Lipinski definition) is 3. The van der Waals surface area contributed by atoms with Gasteiger partial charge in [-0.1, -0.05) is 35.3 Å². The standard InChI is InChI=1S/C13H8Cl2N2O2/c14-12-3-1-2-9(13(12)15)8-16-10-4-6-11(7-5-10)17(18)19/h1-8H. The molecule has 0 saturated heterocycles. The molecule has 0 atom stereocenters. The smallest absolute Gasteiger partial charge is 0.258 e. The van der Waals surface area contributed by atoms with Crippen LogP contribution in [0.1, 0.15) is 5.56 Å². The van der Waals surface area contributed by atoms with Crippen molar-refractivity contribution in [2.75, 3.05) is 0 Å². The van der Waals surface area contributed by atoms with Crippen LogP contribution in [0.5, 0.6) is 0 Å². The molecule has 0 fully saturated rings.